The lowest BCUT2D eigenvalue weighted by atomic mass is 9.98. The van der Waals surface area contributed by atoms with Crippen molar-refractivity contribution in [1.29, 1.82) is 0 Å². The highest BCUT2D eigenvalue weighted by Crippen LogP contribution is 2.28. The van der Waals surface area contributed by atoms with Crippen molar-refractivity contribution >= 4 is 22.6 Å². The van der Waals surface area contributed by atoms with Gasteiger partial charge in [0.05, 0.1) is 7.11 Å². The number of ether oxygens (including phenoxy) is 1. The Hall–Kier alpha value is -1.11. The molecule has 3 rings (SSSR count). The zero-order valence-electron chi connectivity index (χ0n) is 14.8. The second-order valence-electron chi connectivity index (χ2n) is 6.09. The first-order valence-electron chi connectivity index (χ1n) is 8.26. The van der Waals surface area contributed by atoms with Gasteiger partial charge in [-0.05, 0) is 46.6 Å². The monoisotopic (exact) mass is 438 g/mol. The summed E-state index contributed by atoms with van der Waals surface area (Å²) in [4.78, 5) is 4.46. The van der Waals surface area contributed by atoms with E-state index >= 15 is 0 Å². The van der Waals surface area contributed by atoms with Gasteiger partial charge in [-0.1, -0.05) is 59.0 Å². The van der Waals surface area contributed by atoms with Crippen LogP contribution in [0.2, 0.25) is 0 Å². The largest absolute Gasteiger partial charge is 0.496 e. The molecule has 2 aromatic carbocycles. The fourth-order valence-corrected chi connectivity index (χ4v) is 3.14. The Morgan fingerprint density at radius 1 is 1.17 bits per heavy atom. The van der Waals surface area contributed by atoms with Gasteiger partial charge in [0, 0.05) is 25.7 Å². The molecule has 0 fully saturated rings. The number of benzene rings is 2. The fourth-order valence-electron chi connectivity index (χ4n) is 3.14. The number of halogens is 1. The van der Waals surface area contributed by atoms with Crippen LogP contribution in [-0.2, 0) is 19.5 Å². The molecule has 0 radical (unpaired) electrons. The van der Waals surface area contributed by atoms with Crippen LogP contribution in [0.5, 0.6) is 5.75 Å². The highest BCUT2D eigenvalue weighted by Gasteiger charge is 2.19. The lowest BCUT2D eigenvalue weighted by Crippen LogP contribution is -2.30. The number of alkyl halides is 1. The maximum absolute atomic E-state index is 5.91. The highest BCUT2D eigenvalue weighted by molar-refractivity contribution is 14.1. The average Bonchev–Trinajstić information content (AvgIpc) is 2.63. The Morgan fingerprint density at radius 3 is 2.50 bits per heavy atom. The Kier molecular flexibility index (Phi) is 7.52. The molecule has 1 heterocycles. The minimum Gasteiger partial charge on any atom is -0.496 e. The van der Waals surface area contributed by atoms with Gasteiger partial charge in [0.1, 0.15) is 5.75 Å². The van der Waals surface area contributed by atoms with Crippen LogP contribution in [0.4, 0.5) is 0 Å². The minimum atomic E-state index is 0.100. The first kappa shape index (κ1) is 19.2. The van der Waals surface area contributed by atoms with E-state index in [0.717, 1.165) is 31.8 Å². The van der Waals surface area contributed by atoms with Gasteiger partial charge in [-0.25, -0.2) is 0 Å². The second kappa shape index (κ2) is 9.39. The molecular formula is C20H27IN2O. The lowest BCUT2D eigenvalue weighted by molar-refractivity contribution is 0.242. The third-order valence-corrected chi connectivity index (χ3v) is 4.43. The van der Waals surface area contributed by atoms with Gasteiger partial charge in [-0.15, -0.1) is 0 Å². The molecule has 1 aliphatic heterocycles. The molecule has 0 bridgehead atoms. The van der Waals surface area contributed by atoms with Crippen molar-refractivity contribution in [3.05, 3.63) is 64.7 Å². The Bertz CT molecular complexity index is 641. The summed E-state index contributed by atoms with van der Waals surface area (Å²) in [6, 6.07) is 15.1. The van der Waals surface area contributed by atoms with Gasteiger partial charge in [-0.2, -0.15) is 0 Å². The van der Waals surface area contributed by atoms with E-state index in [1.54, 1.807) is 7.11 Å². The lowest BCUT2D eigenvalue weighted by Gasteiger charge is -2.29. The molecule has 2 N–H and O–H groups in total. The zero-order chi connectivity index (χ0) is 17.5. The predicted octanol–water partition coefficient (Wildman–Crippen LogP) is 4.32. The summed E-state index contributed by atoms with van der Waals surface area (Å²) in [7, 11) is 1.75. The number of hydrogen-bond donors (Lipinski definition) is 1. The molecule has 0 spiro atoms. The number of nitrogens with zero attached hydrogens (tertiary/aromatic N) is 1. The van der Waals surface area contributed by atoms with Gasteiger partial charge < -0.3 is 10.5 Å². The molecule has 0 saturated heterocycles. The van der Waals surface area contributed by atoms with Crippen molar-refractivity contribution in [2.45, 2.75) is 32.5 Å². The van der Waals surface area contributed by atoms with Gasteiger partial charge >= 0.3 is 0 Å². The molecule has 2 aromatic rings. The standard InChI is InChI=1S/C19H24N2O.CH3I/c1-14(20)16-8-6-15(7-9-16)12-21-11-10-18-17(13-21)4-3-5-19(18)22-2;1-2/h3-9,14H,10-13,20H2,1-2H3;1H3/t14-;/m0./s1. The zero-order valence-corrected chi connectivity index (χ0v) is 16.9. The second-order valence-corrected chi connectivity index (χ2v) is 6.09. The quantitative estimate of drug-likeness (QED) is 0.571. The van der Waals surface area contributed by atoms with Crippen LogP contribution in [-0.4, -0.2) is 23.5 Å². The van der Waals surface area contributed by atoms with E-state index in [1.807, 2.05) is 11.9 Å². The van der Waals surface area contributed by atoms with E-state index < -0.39 is 0 Å². The van der Waals surface area contributed by atoms with Crippen molar-refractivity contribution in [2.24, 2.45) is 5.73 Å². The Morgan fingerprint density at radius 2 is 1.88 bits per heavy atom. The number of methoxy groups -OCH3 is 1. The summed E-state index contributed by atoms with van der Waals surface area (Å²) in [6.45, 7) is 5.06. The number of nitrogens with two attached hydrogens (primary N) is 1. The summed E-state index contributed by atoms with van der Waals surface area (Å²) in [5.74, 6) is 1.03. The predicted molar refractivity (Wildman–Crippen MR) is 110 cm³/mol. The summed E-state index contributed by atoms with van der Waals surface area (Å²) in [6.07, 6.45) is 1.05. The topological polar surface area (TPSA) is 38.5 Å². The van der Waals surface area contributed by atoms with Gasteiger partial charge in [0.25, 0.3) is 0 Å². The number of fused-ring (bicyclic) bond motifs is 1. The molecule has 0 aromatic heterocycles. The molecule has 0 saturated carbocycles. The van der Waals surface area contributed by atoms with Gasteiger partial charge in [0.15, 0.2) is 0 Å². The van der Waals surface area contributed by atoms with E-state index in [4.69, 9.17) is 10.5 Å². The molecule has 24 heavy (non-hydrogen) atoms. The third-order valence-electron chi connectivity index (χ3n) is 4.43. The van der Waals surface area contributed by atoms with E-state index in [-0.39, 0.29) is 6.04 Å². The maximum atomic E-state index is 5.91. The molecular weight excluding hydrogens is 411 g/mol. The Labute approximate surface area is 159 Å². The molecule has 4 heteroatoms. The molecule has 1 atom stereocenters. The van der Waals surface area contributed by atoms with Crippen molar-refractivity contribution in [3.8, 4) is 5.75 Å². The highest BCUT2D eigenvalue weighted by atomic mass is 127. The molecule has 130 valence electrons. The van der Waals surface area contributed by atoms with E-state index in [0.29, 0.717) is 0 Å². The summed E-state index contributed by atoms with van der Waals surface area (Å²) < 4.78 is 5.47. The smallest absolute Gasteiger partial charge is 0.122 e. The van der Waals surface area contributed by atoms with Crippen molar-refractivity contribution in [3.63, 3.8) is 0 Å². The number of rotatable bonds is 4. The molecule has 0 unspecified atom stereocenters. The van der Waals surface area contributed by atoms with Crippen LogP contribution in [0.15, 0.2) is 42.5 Å². The molecule has 0 aliphatic carbocycles. The van der Waals surface area contributed by atoms with E-state index in [2.05, 4.69) is 70.0 Å². The van der Waals surface area contributed by atoms with E-state index in [1.165, 1.54) is 22.3 Å². The van der Waals surface area contributed by atoms with Crippen LogP contribution in [0, 0.1) is 0 Å². The first-order valence-corrected chi connectivity index (χ1v) is 10.4. The average molecular weight is 438 g/mol. The van der Waals surface area contributed by atoms with Gasteiger partial charge in [0.2, 0.25) is 0 Å². The molecule has 1 aliphatic rings. The summed E-state index contributed by atoms with van der Waals surface area (Å²) in [5.41, 5.74) is 11.2. The normalized spacial score (nSPS) is 15.0. The maximum Gasteiger partial charge on any atom is 0.122 e. The minimum absolute atomic E-state index is 0.100. The van der Waals surface area contributed by atoms with Crippen LogP contribution >= 0.6 is 22.6 Å². The summed E-state index contributed by atoms with van der Waals surface area (Å²) in [5, 5.41) is 0. The molecule has 3 nitrogen and oxygen atoms in total. The fraction of sp³-hybridized carbons (Fsp3) is 0.400. The van der Waals surface area contributed by atoms with Crippen LogP contribution in [0.1, 0.15) is 35.2 Å². The van der Waals surface area contributed by atoms with E-state index in [9.17, 15) is 0 Å². The number of hydrogen-bond acceptors (Lipinski definition) is 3. The van der Waals surface area contributed by atoms with Crippen molar-refractivity contribution in [2.75, 3.05) is 18.6 Å². The van der Waals surface area contributed by atoms with Gasteiger partial charge in [-0.3, -0.25) is 4.90 Å². The first-order chi connectivity index (χ1) is 11.7. The SMILES string of the molecule is CI.COc1cccc2c1CCN(Cc1ccc([C@H](C)N)cc1)C2. The van der Waals surface area contributed by atoms with Crippen LogP contribution in [0.25, 0.3) is 0 Å². The van der Waals surface area contributed by atoms with Crippen LogP contribution < -0.4 is 10.5 Å². The molecule has 0 amide bonds. The van der Waals surface area contributed by atoms with Crippen LogP contribution in [0.3, 0.4) is 0 Å². The van der Waals surface area contributed by atoms with Crippen molar-refractivity contribution in [1.82, 2.24) is 4.90 Å². The third kappa shape index (κ3) is 4.71. The van der Waals surface area contributed by atoms with Crippen molar-refractivity contribution < 1.29 is 4.74 Å². The summed E-state index contributed by atoms with van der Waals surface area (Å²) >= 11 is 2.15. The Balaban J connectivity index is 0.00000100.